The molecule has 0 spiro atoms. The van der Waals surface area contributed by atoms with E-state index in [-0.39, 0.29) is 42.0 Å². The van der Waals surface area contributed by atoms with Crippen molar-refractivity contribution in [1.82, 2.24) is 15.3 Å². The normalized spacial score (nSPS) is 10.0. The van der Waals surface area contributed by atoms with Crippen LogP contribution in [-0.2, 0) is 4.79 Å². The molecule has 3 N–H and O–H groups in total. The lowest BCUT2D eigenvalue weighted by Crippen LogP contribution is -2.26. The number of carbonyl (C=O) groups is 1. The van der Waals surface area contributed by atoms with Crippen LogP contribution in [0.15, 0.2) is 0 Å². The quantitative estimate of drug-likeness (QED) is 0.484. The van der Waals surface area contributed by atoms with E-state index in [1.807, 2.05) is 6.92 Å². The predicted molar refractivity (Wildman–Crippen MR) is 79.4 cm³/mol. The fourth-order valence-electron chi connectivity index (χ4n) is 1.67. The molecule has 9 nitrogen and oxygen atoms in total. The van der Waals surface area contributed by atoms with Gasteiger partial charge in [0.05, 0.1) is 4.92 Å². The molecule has 0 saturated heterocycles. The minimum absolute atomic E-state index is 0.105. The number of rotatable bonds is 8. The Bertz CT molecular complexity index is 520. The summed E-state index contributed by atoms with van der Waals surface area (Å²) in [5, 5.41) is 19.4. The van der Waals surface area contributed by atoms with Gasteiger partial charge in [0.2, 0.25) is 17.7 Å². The molecule has 116 valence electrons. The van der Waals surface area contributed by atoms with Gasteiger partial charge in [-0.05, 0) is 13.3 Å². The van der Waals surface area contributed by atoms with Crippen LogP contribution in [0, 0.1) is 17.0 Å². The lowest BCUT2D eigenvalue weighted by molar-refractivity contribution is -0.385. The number of aromatic nitrogens is 2. The van der Waals surface area contributed by atoms with Gasteiger partial charge >= 0.3 is 5.69 Å². The minimum atomic E-state index is -0.533. The molecule has 0 bridgehead atoms. The Hall–Kier alpha value is -2.45. The molecule has 0 unspecified atom stereocenters. The van der Waals surface area contributed by atoms with Crippen molar-refractivity contribution in [2.45, 2.75) is 26.7 Å². The Morgan fingerprint density at radius 2 is 2.05 bits per heavy atom. The molecule has 0 fully saturated rings. The van der Waals surface area contributed by atoms with E-state index in [9.17, 15) is 14.9 Å². The van der Waals surface area contributed by atoms with Crippen molar-refractivity contribution in [3.05, 3.63) is 15.8 Å². The smallest absolute Gasteiger partial charge is 0.332 e. The van der Waals surface area contributed by atoms with Crippen LogP contribution in [0.3, 0.4) is 0 Å². The summed E-state index contributed by atoms with van der Waals surface area (Å²) in [5.41, 5.74) is 0.0836. The highest BCUT2D eigenvalue weighted by molar-refractivity contribution is 5.76. The van der Waals surface area contributed by atoms with Crippen LogP contribution in [0.25, 0.3) is 0 Å². The summed E-state index contributed by atoms with van der Waals surface area (Å²) < 4.78 is 0. The first-order valence-electron chi connectivity index (χ1n) is 6.71. The van der Waals surface area contributed by atoms with E-state index >= 15 is 0 Å². The molecule has 9 heteroatoms. The Balaban J connectivity index is 2.75. The van der Waals surface area contributed by atoms with Crippen LogP contribution in [0.5, 0.6) is 0 Å². The first kappa shape index (κ1) is 16.6. The molecule has 0 aliphatic rings. The number of nitro groups is 1. The molecule has 0 radical (unpaired) electrons. The van der Waals surface area contributed by atoms with E-state index in [1.165, 1.54) is 0 Å². The molecule has 0 saturated carbocycles. The van der Waals surface area contributed by atoms with Gasteiger partial charge in [-0.25, -0.2) is 4.98 Å². The standard InChI is InChI=1S/C12H20N6O3/c1-4-6-14-9(19)5-7-15-11-10(18(20)21)8(2)16-12(13-3)17-11/h4-7H2,1-3H3,(H,14,19)(H2,13,15,16,17). The Morgan fingerprint density at radius 3 is 2.62 bits per heavy atom. The summed E-state index contributed by atoms with van der Waals surface area (Å²) in [5.74, 6) is 0.294. The summed E-state index contributed by atoms with van der Waals surface area (Å²) in [6, 6.07) is 0. The first-order valence-corrected chi connectivity index (χ1v) is 6.71. The SMILES string of the molecule is CCCNC(=O)CCNc1nc(NC)nc(C)c1[N+](=O)[O-]. The maximum absolute atomic E-state index is 11.5. The van der Waals surface area contributed by atoms with E-state index in [2.05, 4.69) is 25.9 Å². The van der Waals surface area contributed by atoms with Crippen LogP contribution < -0.4 is 16.0 Å². The monoisotopic (exact) mass is 296 g/mol. The summed E-state index contributed by atoms with van der Waals surface area (Å²) in [4.78, 5) is 30.0. The zero-order valence-electron chi connectivity index (χ0n) is 12.4. The average molecular weight is 296 g/mol. The lowest BCUT2D eigenvalue weighted by Gasteiger charge is -2.09. The van der Waals surface area contributed by atoms with Crippen LogP contribution in [-0.4, -0.2) is 40.9 Å². The Kier molecular flexibility index (Phi) is 6.31. The van der Waals surface area contributed by atoms with Crippen LogP contribution in [0.2, 0.25) is 0 Å². The molecular weight excluding hydrogens is 276 g/mol. The fourth-order valence-corrected chi connectivity index (χ4v) is 1.67. The van der Waals surface area contributed by atoms with Crippen LogP contribution in [0.4, 0.5) is 17.5 Å². The molecule has 1 rings (SSSR count). The molecular formula is C12H20N6O3. The lowest BCUT2D eigenvalue weighted by atomic mass is 10.3. The van der Waals surface area contributed by atoms with Crippen molar-refractivity contribution in [3.8, 4) is 0 Å². The topological polar surface area (TPSA) is 122 Å². The van der Waals surface area contributed by atoms with E-state index in [4.69, 9.17) is 0 Å². The predicted octanol–water partition coefficient (Wildman–Crippen LogP) is 1.06. The van der Waals surface area contributed by atoms with Gasteiger partial charge < -0.3 is 16.0 Å². The maximum atomic E-state index is 11.5. The third-order valence-electron chi connectivity index (χ3n) is 2.68. The molecule has 0 aromatic carbocycles. The van der Waals surface area contributed by atoms with Crippen molar-refractivity contribution < 1.29 is 9.72 Å². The summed E-state index contributed by atoms with van der Waals surface area (Å²) in [7, 11) is 1.63. The Labute approximate surface area is 122 Å². The van der Waals surface area contributed by atoms with Gasteiger partial charge in [0.15, 0.2) is 0 Å². The minimum Gasteiger partial charge on any atom is -0.364 e. The van der Waals surface area contributed by atoms with Crippen LogP contribution >= 0.6 is 0 Å². The third-order valence-corrected chi connectivity index (χ3v) is 2.68. The second kappa shape index (κ2) is 7.98. The molecule has 0 aliphatic heterocycles. The number of carbonyl (C=O) groups excluding carboxylic acids is 1. The van der Waals surface area contributed by atoms with Crippen molar-refractivity contribution in [3.63, 3.8) is 0 Å². The number of amides is 1. The second-order valence-electron chi connectivity index (χ2n) is 4.36. The van der Waals surface area contributed by atoms with E-state index in [0.29, 0.717) is 6.54 Å². The van der Waals surface area contributed by atoms with E-state index in [1.54, 1.807) is 14.0 Å². The number of hydrogen-bond acceptors (Lipinski definition) is 7. The van der Waals surface area contributed by atoms with Gasteiger partial charge in [-0.1, -0.05) is 6.92 Å². The van der Waals surface area contributed by atoms with Crippen molar-refractivity contribution in [1.29, 1.82) is 0 Å². The highest BCUT2D eigenvalue weighted by atomic mass is 16.6. The van der Waals surface area contributed by atoms with Crippen molar-refractivity contribution in [2.75, 3.05) is 30.8 Å². The van der Waals surface area contributed by atoms with Crippen molar-refractivity contribution >= 4 is 23.4 Å². The zero-order valence-corrected chi connectivity index (χ0v) is 12.4. The third kappa shape index (κ3) is 4.86. The molecule has 0 atom stereocenters. The number of nitrogens with zero attached hydrogens (tertiary/aromatic N) is 3. The molecule has 1 amide bonds. The second-order valence-corrected chi connectivity index (χ2v) is 4.36. The van der Waals surface area contributed by atoms with E-state index < -0.39 is 4.92 Å². The largest absolute Gasteiger partial charge is 0.364 e. The number of anilines is 2. The molecule has 21 heavy (non-hydrogen) atoms. The zero-order chi connectivity index (χ0) is 15.8. The number of aryl methyl sites for hydroxylation is 1. The van der Waals surface area contributed by atoms with Gasteiger partial charge in [0.25, 0.3) is 0 Å². The van der Waals surface area contributed by atoms with Gasteiger partial charge in [0, 0.05) is 26.6 Å². The van der Waals surface area contributed by atoms with Gasteiger partial charge in [-0.2, -0.15) is 4.98 Å². The average Bonchev–Trinajstić information content (AvgIpc) is 2.43. The van der Waals surface area contributed by atoms with E-state index in [0.717, 1.165) is 6.42 Å². The summed E-state index contributed by atoms with van der Waals surface area (Å²) in [6.07, 6.45) is 1.08. The molecule has 1 heterocycles. The Morgan fingerprint density at radius 1 is 1.33 bits per heavy atom. The highest BCUT2D eigenvalue weighted by Crippen LogP contribution is 2.26. The van der Waals surface area contributed by atoms with Crippen LogP contribution in [0.1, 0.15) is 25.5 Å². The molecule has 0 aliphatic carbocycles. The number of hydrogen-bond donors (Lipinski definition) is 3. The number of nitrogens with one attached hydrogen (secondary N) is 3. The summed E-state index contributed by atoms with van der Waals surface area (Å²) >= 11 is 0. The van der Waals surface area contributed by atoms with Gasteiger partial charge in [-0.3, -0.25) is 14.9 Å². The van der Waals surface area contributed by atoms with Gasteiger partial charge in [0.1, 0.15) is 5.69 Å². The molecule has 1 aromatic rings. The fraction of sp³-hybridized carbons (Fsp3) is 0.583. The summed E-state index contributed by atoms with van der Waals surface area (Å²) in [6.45, 7) is 4.39. The maximum Gasteiger partial charge on any atom is 0.332 e. The first-order chi connectivity index (χ1) is 9.99. The van der Waals surface area contributed by atoms with Gasteiger partial charge in [-0.15, -0.1) is 0 Å². The highest BCUT2D eigenvalue weighted by Gasteiger charge is 2.21. The molecule has 1 aromatic heterocycles. The van der Waals surface area contributed by atoms with Crippen molar-refractivity contribution in [2.24, 2.45) is 0 Å².